The van der Waals surface area contributed by atoms with Gasteiger partial charge in [-0.2, -0.15) is 0 Å². The molecule has 136 valence electrons. The van der Waals surface area contributed by atoms with Crippen LogP contribution in [-0.4, -0.2) is 13.9 Å². The number of hydrogen-bond donors (Lipinski definition) is 0. The summed E-state index contributed by atoms with van der Waals surface area (Å²) in [5, 5.41) is 0. The number of rotatable bonds is 3. The van der Waals surface area contributed by atoms with Crippen LogP contribution in [0, 0.1) is 0 Å². The zero-order valence-electron chi connectivity index (χ0n) is 15.1. The first-order valence-electron chi connectivity index (χ1n) is 9.11. The molecular weight excluding hydrogens is 340 g/mol. The van der Waals surface area contributed by atoms with E-state index < -0.39 is 0 Å². The van der Waals surface area contributed by atoms with Crippen LogP contribution in [0.15, 0.2) is 66.7 Å². The van der Waals surface area contributed by atoms with Crippen molar-refractivity contribution < 1.29 is 18.9 Å². The third-order valence-corrected chi connectivity index (χ3v) is 5.29. The Hall–Kier alpha value is -3.14. The topological polar surface area (TPSA) is 36.9 Å². The molecule has 0 radical (unpaired) electrons. The minimum Gasteiger partial charge on any atom is -0.497 e. The fourth-order valence-corrected chi connectivity index (χ4v) is 3.88. The smallest absolute Gasteiger partial charge is 0.231 e. The number of hydrogen-bond acceptors (Lipinski definition) is 4. The quantitative estimate of drug-likeness (QED) is 0.653. The molecule has 0 fully saturated rings. The first-order chi connectivity index (χ1) is 13.3. The molecular formula is C23H20O4. The lowest BCUT2D eigenvalue weighted by molar-refractivity contribution is 0.166. The van der Waals surface area contributed by atoms with Crippen LogP contribution in [0.5, 0.6) is 23.0 Å². The normalized spacial score (nSPS) is 19.9. The maximum Gasteiger partial charge on any atom is 0.231 e. The van der Waals surface area contributed by atoms with Gasteiger partial charge in [0, 0.05) is 17.5 Å². The highest BCUT2D eigenvalue weighted by Crippen LogP contribution is 2.50. The summed E-state index contributed by atoms with van der Waals surface area (Å²) in [5.41, 5.74) is 3.55. The lowest BCUT2D eigenvalue weighted by Crippen LogP contribution is -2.20. The zero-order chi connectivity index (χ0) is 18.2. The molecule has 2 heterocycles. The zero-order valence-corrected chi connectivity index (χ0v) is 15.1. The Morgan fingerprint density at radius 3 is 2.30 bits per heavy atom. The van der Waals surface area contributed by atoms with Crippen LogP contribution >= 0.6 is 0 Å². The van der Waals surface area contributed by atoms with Gasteiger partial charge in [-0.15, -0.1) is 0 Å². The molecule has 0 amide bonds. The first-order valence-corrected chi connectivity index (χ1v) is 9.11. The Balaban J connectivity index is 1.59. The summed E-state index contributed by atoms with van der Waals surface area (Å²) in [6.45, 7) is 0.257. The molecule has 0 unspecified atom stereocenters. The van der Waals surface area contributed by atoms with E-state index >= 15 is 0 Å². The molecule has 4 heteroatoms. The predicted molar refractivity (Wildman–Crippen MR) is 102 cm³/mol. The summed E-state index contributed by atoms with van der Waals surface area (Å²) in [6, 6.07) is 22.7. The molecule has 0 N–H and O–H groups in total. The van der Waals surface area contributed by atoms with Crippen LogP contribution in [0.1, 0.15) is 35.1 Å². The van der Waals surface area contributed by atoms with E-state index in [9.17, 15) is 0 Å². The Morgan fingerprint density at radius 2 is 1.56 bits per heavy atom. The van der Waals surface area contributed by atoms with Gasteiger partial charge in [0.15, 0.2) is 11.5 Å². The molecule has 0 spiro atoms. The van der Waals surface area contributed by atoms with E-state index in [2.05, 4.69) is 42.5 Å². The minimum absolute atomic E-state index is 0.00817. The van der Waals surface area contributed by atoms with E-state index in [1.54, 1.807) is 7.11 Å². The SMILES string of the molecule is COc1ccc([C@@H]2C[C@H](c3ccccc3)Oc3cc4c(cc32)OCO4)cc1. The Bertz CT molecular complexity index is 950. The van der Waals surface area contributed by atoms with E-state index in [0.29, 0.717) is 0 Å². The van der Waals surface area contributed by atoms with Crippen molar-refractivity contribution in [2.75, 3.05) is 13.9 Å². The van der Waals surface area contributed by atoms with Crippen molar-refractivity contribution >= 4 is 0 Å². The maximum atomic E-state index is 6.38. The standard InChI is InChI=1S/C23H20O4/c1-24-17-9-7-15(8-10-17)18-11-20(16-5-3-2-4-6-16)27-21-13-23-22(12-19(18)21)25-14-26-23/h2-10,12-13,18,20H,11,14H2,1H3/t18-,20+/m0/s1. The summed E-state index contributed by atoms with van der Waals surface area (Å²) in [4.78, 5) is 0. The summed E-state index contributed by atoms with van der Waals surface area (Å²) in [6.07, 6.45) is 0.856. The average Bonchev–Trinajstić information content (AvgIpc) is 3.19. The second kappa shape index (κ2) is 6.54. The second-order valence-electron chi connectivity index (χ2n) is 6.82. The van der Waals surface area contributed by atoms with Gasteiger partial charge in [-0.3, -0.25) is 0 Å². The van der Waals surface area contributed by atoms with E-state index in [0.717, 1.165) is 35.0 Å². The molecule has 0 saturated heterocycles. The molecule has 0 saturated carbocycles. The third kappa shape index (κ3) is 2.87. The van der Waals surface area contributed by atoms with Gasteiger partial charge in [0.2, 0.25) is 6.79 Å². The molecule has 5 rings (SSSR count). The van der Waals surface area contributed by atoms with Gasteiger partial charge in [0.05, 0.1) is 7.11 Å². The molecule has 3 aromatic carbocycles. The van der Waals surface area contributed by atoms with E-state index in [1.165, 1.54) is 11.1 Å². The Labute approximate surface area is 158 Å². The molecule has 0 aromatic heterocycles. The summed E-state index contributed by atoms with van der Waals surface area (Å²) >= 11 is 0. The molecule has 27 heavy (non-hydrogen) atoms. The van der Waals surface area contributed by atoms with Gasteiger partial charge in [0.1, 0.15) is 17.6 Å². The summed E-state index contributed by atoms with van der Waals surface area (Å²) in [7, 11) is 1.69. The number of methoxy groups -OCH3 is 1. The molecule has 2 aliphatic heterocycles. The van der Waals surface area contributed by atoms with Gasteiger partial charge in [-0.05, 0) is 35.7 Å². The predicted octanol–water partition coefficient (Wildman–Crippen LogP) is 5.08. The first kappa shape index (κ1) is 16.1. The van der Waals surface area contributed by atoms with Gasteiger partial charge < -0.3 is 18.9 Å². The van der Waals surface area contributed by atoms with Crippen molar-refractivity contribution in [1.29, 1.82) is 0 Å². The lowest BCUT2D eigenvalue weighted by atomic mass is 9.82. The van der Waals surface area contributed by atoms with Crippen LogP contribution in [-0.2, 0) is 0 Å². The maximum absolute atomic E-state index is 6.38. The van der Waals surface area contributed by atoms with Crippen molar-refractivity contribution in [3.05, 3.63) is 83.4 Å². The summed E-state index contributed by atoms with van der Waals surface area (Å²) in [5.74, 6) is 3.46. The van der Waals surface area contributed by atoms with Crippen molar-refractivity contribution in [3.8, 4) is 23.0 Å². The van der Waals surface area contributed by atoms with Crippen molar-refractivity contribution in [2.24, 2.45) is 0 Å². The Morgan fingerprint density at radius 1 is 0.815 bits per heavy atom. The van der Waals surface area contributed by atoms with Gasteiger partial charge in [-0.1, -0.05) is 42.5 Å². The van der Waals surface area contributed by atoms with E-state index in [4.69, 9.17) is 18.9 Å². The second-order valence-corrected chi connectivity index (χ2v) is 6.82. The minimum atomic E-state index is -0.00817. The molecule has 2 atom stereocenters. The average molecular weight is 360 g/mol. The van der Waals surface area contributed by atoms with E-state index in [-0.39, 0.29) is 18.8 Å². The third-order valence-electron chi connectivity index (χ3n) is 5.29. The highest BCUT2D eigenvalue weighted by atomic mass is 16.7. The fourth-order valence-electron chi connectivity index (χ4n) is 3.88. The van der Waals surface area contributed by atoms with Crippen LogP contribution in [0.25, 0.3) is 0 Å². The van der Waals surface area contributed by atoms with Crippen LogP contribution in [0.2, 0.25) is 0 Å². The van der Waals surface area contributed by atoms with Crippen molar-refractivity contribution in [3.63, 3.8) is 0 Å². The highest BCUT2D eigenvalue weighted by molar-refractivity contribution is 5.56. The number of benzene rings is 3. The largest absolute Gasteiger partial charge is 0.497 e. The van der Waals surface area contributed by atoms with Gasteiger partial charge in [-0.25, -0.2) is 0 Å². The molecule has 2 aliphatic rings. The fraction of sp³-hybridized carbons (Fsp3) is 0.217. The van der Waals surface area contributed by atoms with Crippen LogP contribution in [0.3, 0.4) is 0 Å². The molecule has 0 aliphatic carbocycles. The Kier molecular flexibility index (Phi) is 3.89. The highest BCUT2D eigenvalue weighted by Gasteiger charge is 2.33. The van der Waals surface area contributed by atoms with Crippen LogP contribution < -0.4 is 18.9 Å². The van der Waals surface area contributed by atoms with Crippen molar-refractivity contribution in [1.82, 2.24) is 0 Å². The molecule has 3 aromatic rings. The van der Waals surface area contributed by atoms with Gasteiger partial charge >= 0.3 is 0 Å². The number of fused-ring (bicyclic) bond motifs is 2. The van der Waals surface area contributed by atoms with Crippen LogP contribution in [0.4, 0.5) is 0 Å². The molecule has 4 nitrogen and oxygen atoms in total. The summed E-state index contributed by atoms with van der Waals surface area (Å²) < 4.78 is 22.9. The van der Waals surface area contributed by atoms with Crippen molar-refractivity contribution in [2.45, 2.75) is 18.4 Å². The molecule has 0 bridgehead atoms. The monoisotopic (exact) mass is 360 g/mol. The number of ether oxygens (including phenoxy) is 4. The van der Waals surface area contributed by atoms with Gasteiger partial charge in [0.25, 0.3) is 0 Å². The van der Waals surface area contributed by atoms with E-state index in [1.807, 2.05) is 24.3 Å². The lowest BCUT2D eigenvalue weighted by Gasteiger charge is -2.33.